The van der Waals surface area contributed by atoms with E-state index in [1.54, 1.807) is 27.0 Å². The normalized spacial score (nSPS) is 18.0. The number of hydrogen-bond donors (Lipinski definition) is 1. The zero-order valence-corrected chi connectivity index (χ0v) is 19.4. The van der Waals surface area contributed by atoms with Gasteiger partial charge in [-0.3, -0.25) is 9.78 Å². The number of aromatic nitrogens is 1. The van der Waals surface area contributed by atoms with Gasteiger partial charge in [0.05, 0.1) is 5.52 Å². The largest absolute Gasteiger partial charge is 0.443 e. The summed E-state index contributed by atoms with van der Waals surface area (Å²) in [5.74, 6) is -0.706. The van der Waals surface area contributed by atoms with Crippen molar-refractivity contribution in [3.05, 3.63) is 82.1 Å². The molecule has 2 aromatic carbocycles. The number of ether oxygens (including phenoxy) is 1. The van der Waals surface area contributed by atoms with Crippen molar-refractivity contribution in [1.29, 1.82) is 0 Å². The first-order chi connectivity index (χ1) is 15.7. The van der Waals surface area contributed by atoms with Crippen LogP contribution in [-0.4, -0.2) is 34.0 Å². The van der Waals surface area contributed by atoms with Crippen LogP contribution in [0.25, 0.3) is 10.9 Å². The van der Waals surface area contributed by atoms with Crippen LogP contribution in [0.15, 0.2) is 66.0 Å². The summed E-state index contributed by atoms with van der Waals surface area (Å²) in [6.07, 6.45) is 1.65. The summed E-state index contributed by atoms with van der Waals surface area (Å²) >= 11 is 6.15. The van der Waals surface area contributed by atoms with Gasteiger partial charge in [0.15, 0.2) is 0 Å². The maximum Gasteiger partial charge on any atom is 0.417 e. The van der Waals surface area contributed by atoms with Gasteiger partial charge in [-0.2, -0.15) is 0 Å². The van der Waals surface area contributed by atoms with Gasteiger partial charge in [0.25, 0.3) is 5.91 Å². The van der Waals surface area contributed by atoms with E-state index >= 15 is 0 Å². The smallest absolute Gasteiger partial charge is 0.417 e. The van der Waals surface area contributed by atoms with Gasteiger partial charge >= 0.3 is 6.09 Å². The summed E-state index contributed by atoms with van der Waals surface area (Å²) in [4.78, 5) is 32.2. The molecule has 3 heterocycles. The molecule has 2 amide bonds. The first kappa shape index (κ1) is 21.5. The molecule has 5 rings (SSSR count). The van der Waals surface area contributed by atoms with E-state index in [1.165, 1.54) is 4.90 Å². The molecule has 33 heavy (non-hydrogen) atoms. The predicted octanol–water partition coefficient (Wildman–Crippen LogP) is 5.87. The van der Waals surface area contributed by atoms with Crippen LogP contribution in [0.1, 0.15) is 44.2 Å². The Morgan fingerprint density at radius 2 is 1.94 bits per heavy atom. The molecule has 0 fully saturated rings. The Bertz CT molecular complexity index is 1310. The van der Waals surface area contributed by atoms with Crippen LogP contribution >= 0.6 is 11.6 Å². The molecule has 0 bridgehead atoms. The Morgan fingerprint density at radius 3 is 2.67 bits per heavy atom. The van der Waals surface area contributed by atoms with E-state index < -0.39 is 11.7 Å². The number of rotatable bonds is 1. The van der Waals surface area contributed by atoms with Crippen molar-refractivity contribution in [3.63, 3.8) is 0 Å². The predicted molar refractivity (Wildman–Crippen MR) is 128 cm³/mol. The number of pyridine rings is 1. The van der Waals surface area contributed by atoms with Gasteiger partial charge in [-0.15, -0.1) is 0 Å². The van der Waals surface area contributed by atoms with E-state index in [-0.39, 0.29) is 18.4 Å². The SMILES string of the molecule is CC(C)(C)OC(=O)N1CCC2=C(C1=O)C(c1ccc(Cl)cc1)c1cc3ncccc3cc1N2. The molecule has 3 aromatic rings. The quantitative estimate of drug-likeness (QED) is 0.491. The Hall–Kier alpha value is -3.38. The number of nitrogens with zero attached hydrogens (tertiary/aromatic N) is 2. The van der Waals surface area contributed by atoms with Crippen molar-refractivity contribution in [2.24, 2.45) is 0 Å². The summed E-state index contributed by atoms with van der Waals surface area (Å²) in [5, 5.41) is 5.10. The van der Waals surface area contributed by atoms with Gasteiger partial charge < -0.3 is 10.1 Å². The van der Waals surface area contributed by atoms with E-state index in [0.717, 1.165) is 33.4 Å². The maximum absolute atomic E-state index is 13.7. The second-order valence-corrected chi connectivity index (χ2v) is 9.76. The van der Waals surface area contributed by atoms with E-state index in [1.807, 2.05) is 42.5 Å². The zero-order chi connectivity index (χ0) is 23.3. The molecule has 0 spiro atoms. The molecule has 2 aliphatic rings. The number of fused-ring (bicyclic) bond motifs is 2. The van der Waals surface area contributed by atoms with Gasteiger partial charge in [0, 0.05) is 52.4 Å². The highest BCUT2D eigenvalue weighted by atomic mass is 35.5. The van der Waals surface area contributed by atoms with Crippen LogP contribution in [-0.2, 0) is 9.53 Å². The van der Waals surface area contributed by atoms with Crippen molar-refractivity contribution in [2.45, 2.75) is 38.7 Å². The van der Waals surface area contributed by atoms with Crippen LogP contribution in [0.4, 0.5) is 10.5 Å². The fourth-order valence-electron chi connectivity index (χ4n) is 4.46. The van der Waals surface area contributed by atoms with Crippen molar-refractivity contribution < 1.29 is 14.3 Å². The summed E-state index contributed by atoms with van der Waals surface area (Å²) in [7, 11) is 0. The first-order valence-corrected chi connectivity index (χ1v) is 11.3. The molecule has 6 nitrogen and oxygen atoms in total. The van der Waals surface area contributed by atoms with Crippen LogP contribution < -0.4 is 5.32 Å². The standard InChI is InChI=1S/C26H24ClN3O3/c1-26(2,3)33-25(32)30-12-10-19-23(24(30)31)22(15-6-8-17(27)9-7-15)18-14-20-16(5-4-11-28-20)13-21(18)29-19/h4-9,11,13-14,22,29H,10,12H2,1-3H3. The summed E-state index contributed by atoms with van der Waals surface area (Å²) in [5.41, 5.74) is 4.32. The fraction of sp³-hybridized carbons (Fsp3) is 0.269. The molecule has 0 saturated heterocycles. The molecular weight excluding hydrogens is 438 g/mol. The minimum atomic E-state index is -0.691. The number of hydrogen-bond acceptors (Lipinski definition) is 5. The van der Waals surface area contributed by atoms with Crippen LogP contribution in [0.5, 0.6) is 0 Å². The first-order valence-electron chi connectivity index (χ1n) is 10.9. The lowest BCUT2D eigenvalue weighted by Crippen LogP contribution is -2.47. The van der Waals surface area contributed by atoms with Crippen LogP contribution in [0.2, 0.25) is 5.02 Å². The second-order valence-electron chi connectivity index (χ2n) is 9.32. The van der Waals surface area contributed by atoms with Crippen molar-refractivity contribution in [3.8, 4) is 0 Å². The third-order valence-corrected chi connectivity index (χ3v) is 6.11. The Kier molecular flexibility index (Phi) is 5.13. The number of anilines is 1. The Morgan fingerprint density at radius 1 is 1.18 bits per heavy atom. The zero-order valence-electron chi connectivity index (χ0n) is 18.7. The van der Waals surface area contributed by atoms with Gasteiger partial charge in [-0.25, -0.2) is 9.69 Å². The molecular formula is C26H24ClN3O3. The summed E-state index contributed by atoms with van der Waals surface area (Å²) in [6, 6.07) is 15.5. The molecule has 2 aliphatic heterocycles. The number of carbonyl (C=O) groups excluding carboxylic acids is 2. The number of imide groups is 1. The lowest BCUT2D eigenvalue weighted by Gasteiger charge is -2.38. The lowest BCUT2D eigenvalue weighted by atomic mass is 9.78. The number of halogens is 1. The van der Waals surface area contributed by atoms with Gasteiger partial charge in [0.1, 0.15) is 5.60 Å². The average Bonchev–Trinajstić information content (AvgIpc) is 2.76. The molecule has 1 N–H and O–H groups in total. The highest BCUT2D eigenvalue weighted by molar-refractivity contribution is 6.30. The average molecular weight is 462 g/mol. The van der Waals surface area contributed by atoms with Crippen molar-refractivity contribution >= 4 is 40.2 Å². The molecule has 168 valence electrons. The van der Waals surface area contributed by atoms with Gasteiger partial charge in [-0.1, -0.05) is 29.8 Å². The molecule has 1 atom stereocenters. The minimum Gasteiger partial charge on any atom is -0.443 e. The van der Waals surface area contributed by atoms with Crippen molar-refractivity contribution in [1.82, 2.24) is 9.88 Å². The van der Waals surface area contributed by atoms with E-state index in [9.17, 15) is 9.59 Å². The lowest BCUT2D eigenvalue weighted by molar-refractivity contribution is -0.127. The summed E-state index contributed by atoms with van der Waals surface area (Å²) in [6.45, 7) is 5.63. The molecule has 0 aliphatic carbocycles. The molecule has 1 aromatic heterocycles. The highest BCUT2D eigenvalue weighted by Crippen LogP contribution is 2.46. The third-order valence-electron chi connectivity index (χ3n) is 5.86. The van der Waals surface area contributed by atoms with Crippen molar-refractivity contribution in [2.75, 3.05) is 11.9 Å². The highest BCUT2D eigenvalue weighted by Gasteiger charge is 2.41. The number of carbonyl (C=O) groups is 2. The number of nitrogens with one attached hydrogen (secondary N) is 1. The topological polar surface area (TPSA) is 71.5 Å². The molecule has 1 unspecified atom stereocenters. The maximum atomic E-state index is 13.7. The van der Waals surface area contributed by atoms with E-state index in [2.05, 4.69) is 16.4 Å². The van der Waals surface area contributed by atoms with Gasteiger partial charge in [0.2, 0.25) is 0 Å². The van der Waals surface area contributed by atoms with Gasteiger partial charge in [-0.05, 0) is 62.2 Å². The van der Waals surface area contributed by atoms with Crippen LogP contribution in [0, 0.1) is 0 Å². The number of amides is 2. The fourth-order valence-corrected chi connectivity index (χ4v) is 4.58. The minimum absolute atomic E-state index is 0.261. The third kappa shape index (κ3) is 3.95. The van der Waals surface area contributed by atoms with E-state index in [0.29, 0.717) is 17.0 Å². The second kappa shape index (κ2) is 7.89. The summed E-state index contributed by atoms with van der Waals surface area (Å²) < 4.78 is 5.51. The molecule has 0 radical (unpaired) electrons. The number of benzene rings is 2. The van der Waals surface area contributed by atoms with E-state index in [4.69, 9.17) is 16.3 Å². The monoisotopic (exact) mass is 461 g/mol. The molecule has 7 heteroatoms. The molecule has 0 saturated carbocycles. The Balaban J connectivity index is 1.64. The Labute approximate surface area is 197 Å². The van der Waals surface area contributed by atoms with Crippen LogP contribution in [0.3, 0.4) is 0 Å².